The van der Waals surface area contributed by atoms with Crippen LogP contribution in [-0.2, 0) is 6.61 Å². The zero-order valence-corrected chi connectivity index (χ0v) is 6.26. The van der Waals surface area contributed by atoms with Crippen molar-refractivity contribution in [3.05, 3.63) is 22.7 Å². The van der Waals surface area contributed by atoms with Gasteiger partial charge in [-0.15, -0.1) is 0 Å². The van der Waals surface area contributed by atoms with Gasteiger partial charge in [0.1, 0.15) is 5.15 Å². The molecule has 54 valence electrons. The summed E-state index contributed by atoms with van der Waals surface area (Å²) in [7, 11) is 0. The molecule has 0 fully saturated rings. The number of hydrogen-bond donors (Lipinski definition) is 1. The summed E-state index contributed by atoms with van der Waals surface area (Å²) in [4.78, 5) is 7.74. The topological polar surface area (TPSA) is 46.0 Å². The minimum absolute atomic E-state index is 0.0923. The SMILES string of the molecule is Cc1nc(CO)cnc1Cl. The highest BCUT2D eigenvalue weighted by molar-refractivity contribution is 6.29. The van der Waals surface area contributed by atoms with Crippen LogP contribution in [0.25, 0.3) is 0 Å². The summed E-state index contributed by atoms with van der Waals surface area (Å²) in [5, 5.41) is 8.99. The highest BCUT2D eigenvalue weighted by Gasteiger charge is 1.97. The van der Waals surface area contributed by atoms with Gasteiger partial charge in [0.15, 0.2) is 0 Å². The van der Waals surface area contributed by atoms with E-state index in [-0.39, 0.29) is 6.61 Å². The van der Waals surface area contributed by atoms with Crippen molar-refractivity contribution in [1.82, 2.24) is 9.97 Å². The largest absolute Gasteiger partial charge is 0.390 e. The molecule has 1 N–H and O–H groups in total. The zero-order chi connectivity index (χ0) is 7.56. The quantitative estimate of drug-likeness (QED) is 0.662. The maximum absolute atomic E-state index is 8.61. The second kappa shape index (κ2) is 2.94. The molecule has 0 aromatic carbocycles. The number of rotatable bonds is 1. The minimum atomic E-state index is -0.0923. The normalized spacial score (nSPS) is 9.90. The molecule has 0 aliphatic rings. The highest BCUT2D eigenvalue weighted by atomic mass is 35.5. The summed E-state index contributed by atoms with van der Waals surface area (Å²) in [6.45, 7) is 1.65. The van der Waals surface area contributed by atoms with Gasteiger partial charge in [0.05, 0.1) is 24.2 Å². The van der Waals surface area contributed by atoms with E-state index in [1.807, 2.05) is 0 Å². The summed E-state index contributed by atoms with van der Waals surface area (Å²) in [6, 6.07) is 0. The third kappa shape index (κ3) is 1.43. The second-order valence-electron chi connectivity index (χ2n) is 1.90. The molecule has 1 aromatic rings. The molecule has 1 rings (SSSR count). The van der Waals surface area contributed by atoms with Gasteiger partial charge in [0, 0.05) is 0 Å². The maximum atomic E-state index is 8.61. The molecule has 0 radical (unpaired) electrons. The van der Waals surface area contributed by atoms with Gasteiger partial charge in [-0.25, -0.2) is 4.98 Å². The van der Waals surface area contributed by atoms with E-state index in [2.05, 4.69) is 9.97 Å². The summed E-state index contributed by atoms with van der Waals surface area (Å²) in [5.74, 6) is 0. The van der Waals surface area contributed by atoms with Crippen molar-refractivity contribution in [2.75, 3.05) is 0 Å². The van der Waals surface area contributed by atoms with Gasteiger partial charge in [0.25, 0.3) is 0 Å². The molecule has 0 saturated heterocycles. The Balaban J connectivity index is 3.04. The van der Waals surface area contributed by atoms with Crippen molar-refractivity contribution in [3.63, 3.8) is 0 Å². The van der Waals surface area contributed by atoms with Crippen LogP contribution in [0, 0.1) is 6.92 Å². The Hall–Kier alpha value is -0.670. The molecule has 0 aliphatic carbocycles. The first-order valence-corrected chi connectivity index (χ1v) is 3.20. The van der Waals surface area contributed by atoms with Gasteiger partial charge in [0.2, 0.25) is 0 Å². The number of nitrogens with zero attached hydrogens (tertiary/aromatic N) is 2. The monoisotopic (exact) mass is 158 g/mol. The number of aliphatic hydroxyl groups excluding tert-OH is 1. The van der Waals surface area contributed by atoms with Crippen LogP contribution < -0.4 is 0 Å². The van der Waals surface area contributed by atoms with E-state index in [0.29, 0.717) is 16.5 Å². The average Bonchev–Trinajstić information content (AvgIpc) is 1.95. The summed E-state index contributed by atoms with van der Waals surface area (Å²) in [6.07, 6.45) is 1.45. The van der Waals surface area contributed by atoms with Crippen molar-refractivity contribution in [3.8, 4) is 0 Å². The van der Waals surface area contributed by atoms with E-state index in [1.165, 1.54) is 6.20 Å². The van der Waals surface area contributed by atoms with Crippen LogP contribution in [0.3, 0.4) is 0 Å². The van der Waals surface area contributed by atoms with Crippen molar-refractivity contribution in [1.29, 1.82) is 0 Å². The molecule has 0 bridgehead atoms. The van der Waals surface area contributed by atoms with Gasteiger partial charge in [-0.2, -0.15) is 0 Å². The van der Waals surface area contributed by atoms with Crippen LogP contribution in [-0.4, -0.2) is 15.1 Å². The lowest BCUT2D eigenvalue weighted by Gasteiger charge is -1.97. The van der Waals surface area contributed by atoms with Gasteiger partial charge in [-0.3, -0.25) is 4.98 Å². The Morgan fingerprint density at radius 1 is 1.70 bits per heavy atom. The van der Waals surface area contributed by atoms with E-state index < -0.39 is 0 Å². The second-order valence-corrected chi connectivity index (χ2v) is 2.25. The Labute approximate surface area is 63.7 Å². The first-order chi connectivity index (χ1) is 4.74. The van der Waals surface area contributed by atoms with Crippen molar-refractivity contribution in [2.24, 2.45) is 0 Å². The lowest BCUT2D eigenvalue weighted by Crippen LogP contribution is -1.94. The number of aryl methyl sites for hydroxylation is 1. The molecule has 0 saturated carbocycles. The Morgan fingerprint density at radius 2 is 2.40 bits per heavy atom. The molecule has 0 spiro atoms. The molecular weight excluding hydrogens is 152 g/mol. The minimum Gasteiger partial charge on any atom is -0.390 e. The third-order valence-corrected chi connectivity index (χ3v) is 1.47. The molecule has 10 heavy (non-hydrogen) atoms. The van der Waals surface area contributed by atoms with Crippen LogP contribution in [0.4, 0.5) is 0 Å². The fraction of sp³-hybridized carbons (Fsp3) is 0.333. The Bertz CT molecular complexity index is 239. The van der Waals surface area contributed by atoms with Crippen molar-refractivity contribution < 1.29 is 5.11 Å². The lowest BCUT2D eigenvalue weighted by atomic mass is 10.4. The van der Waals surface area contributed by atoms with E-state index in [1.54, 1.807) is 6.92 Å². The van der Waals surface area contributed by atoms with E-state index in [4.69, 9.17) is 16.7 Å². The highest BCUT2D eigenvalue weighted by Crippen LogP contribution is 2.07. The zero-order valence-electron chi connectivity index (χ0n) is 5.50. The van der Waals surface area contributed by atoms with E-state index in [0.717, 1.165) is 0 Å². The van der Waals surface area contributed by atoms with Gasteiger partial charge in [-0.1, -0.05) is 11.6 Å². The fourth-order valence-corrected chi connectivity index (χ4v) is 0.682. The molecule has 1 heterocycles. The third-order valence-electron chi connectivity index (χ3n) is 1.10. The van der Waals surface area contributed by atoms with E-state index >= 15 is 0 Å². The Kier molecular flexibility index (Phi) is 2.19. The molecule has 0 amide bonds. The fourth-order valence-electron chi connectivity index (χ4n) is 0.591. The molecule has 0 aliphatic heterocycles. The molecule has 4 heteroatoms. The average molecular weight is 159 g/mol. The summed E-state index contributed by atoms with van der Waals surface area (Å²) in [5.41, 5.74) is 1.19. The summed E-state index contributed by atoms with van der Waals surface area (Å²) >= 11 is 5.58. The molecule has 0 unspecified atom stereocenters. The molecule has 1 aromatic heterocycles. The predicted molar refractivity (Wildman–Crippen MR) is 37.7 cm³/mol. The van der Waals surface area contributed by atoms with Crippen LogP contribution in [0.15, 0.2) is 6.20 Å². The molecular formula is C6H7ClN2O. The predicted octanol–water partition coefficient (Wildman–Crippen LogP) is 0.931. The van der Waals surface area contributed by atoms with Crippen molar-refractivity contribution in [2.45, 2.75) is 13.5 Å². The van der Waals surface area contributed by atoms with Gasteiger partial charge >= 0.3 is 0 Å². The van der Waals surface area contributed by atoms with E-state index in [9.17, 15) is 0 Å². The number of aliphatic hydroxyl groups is 1. The van der Waals surface area contributed by atoms with Crippen LogP contribution in [0.5, 0.6) is 0 Å². The van der Waals surface area contributed by atoms with Gasteiger partial charge in [-0.05, 0) is 6.92 Å². The first-order valence-electron chi connectivity index (χ1n) is 2.83. The number of halogens is 1. The van der Waals surface area contributed by atoms with Crippen LogP contribution in [0.2, 0.25) is 5.15 Å². The van der Waals surface area contributed by atoms with Crippen molar-refractivity contribution >= 4 is 11.6 Å². The van der Waals surface area contributed by atoms with Gasteiger partial charge < -0.3 is 5.11 Å². The smallest absolute Gasteiger partial charge is 0.150 e. The van der Waals surface area contributed by atoms with Crippen LogP contribution in [0.1, 0.15) is 11.4 Å². The summed E-state index contributed by atoms with van der Waals surface area (Å²) < 4.78 is 0. The maximum Gasteiger partial charge on any atom is 0.150 e. The standard InChI is InChI=1S/C6H7ClN2O/c1-4-6(7)8-2-5(3-10)9-4/h2,10H,3H2,1H3. The van der Waals surface area contributed by atoms with Crippen LogP contribution >= 0.6 is 11.6 Å². The Morgan fingerprint density at radius 3 is 2.90 bits per heavy atom. The lowest BCUT2D eigenvalue weighted by molar-refractivity contribution is 0.276. The molecule has 0 atom stereocenters. The molecule has 3 nitrogen and oxygen atoms in total. The first kappa shape index (κ1) is 7.44. The number of hydrogen-bond acceptors (Lipinski definition) is 3. The number of aromatic nitrogens is 2.